The summed E-state index contributed by atoms with van der Waals surface area (Å²) in [7, 11) is 2.04. The SMILES string of the molecule is CC1CCN(c2nc3ccccc3n2C)CC1O. The Labute approximate surface area is 107 Å². The van der Waals surface area contributed by atoms with Gasteiger partial charge in [-0.3, -0.25) is 0 Å². The Bertz CT molecular complexity index is 563. The van der Waals surface area contributed by atoms with Crippen molar-refractivity contribution < 1.29 is 5.11 Å². The summed E-state index contributed by atoms with van der Waals surface area (Å²) in [6, 6.07) is 8.14. The molecule has 0 aliphatic carbocycles. The zero-order valence-corrected chi connectivity index (χ0v) is 10.9. The molecule has 1 aliphatic rings. The minimum absolute atomic E-state index is 0.251. The van der Waals surface area contributed by atoms with E-state index in [0.717, 1.165) is 29.9 Å². The van der Waals surface area contributed by atoms with Crippen LogP contribution in [0.2, 0.25) is 0 Å². The molecular formula is C14H19N3O. The van der Waals surface area contributed by atoms with Crippen molar-refractivity contribution in [3.63, 3.8) is 0 Å². The number of nitrogens with zero attached hydrogens (tertiary/aromatic N) is 3. The first kappa shape index (κ1) is 11.5. The maximum Gasteiger partial charge on any atom is 0.206 e. The molecule has 1 saturated heterocycles. The molecule has 2 atom stereocenters. The maximum atomic E-state index is 10.00. The van der Waals surface area contributed by atoms with Crippen molar-refractivity contribution in [2.75, 3.05) is 18.0 Å². The third kappa shape index (κ3) is 1.77. The van der Waals surface area contributed by atoms with Crippen molar-refractivity contribution in [3.05, 3.63) is 24.3 Å². The van der Waals surface area contributed by atoms with Crippen molar-refractivity contribution >= 4 is 17.0 Å². The lowest BCUT2D eigenvalue weighted by Crippen LogP contribution is -2.43. The van der Waals surface area contributed by atoms with E-state index in [-0.39, 0.29) is 6.10 Å². The van der Waals surface area contributed by atoms with Gasteiger partial charge in [0, 0.05) is 20.1 Å². The molecule has 1 N–H and O–H groups in total. The van der Waals surface area contributed by atoms with E-state index in [4.69, 9.17) is 0 Å². The Morgan fingerprint density at radius 3 is 2.83 bits per heavy atom. The Morgan fingerprint density at radius 2 is 2.11 bits per heavy atom. The molecule has 3 rings (SSSR count). The first-order chi connectivity index (χ1) is 8.66. The number of hydrogen-bond donors (Lipinski definition) is 1. The third-order valence-corrected chi connectivity index (χ3v) is 3.97. The van der Waals surface area contributed by atoms with Crippen LogP contribution in [-0.2, 0) is 7.05 Å². The zero-order chi connectivity index (χ0) is 12.7. The number of aryl methyl sites for hydroxylation is 1. The van der Waals surface area contributed by atoms with E-state index in [1.165, 1.54) is 0 Å². The van der Waals surface area contributed by atoms with Crippen molar-refractivity contribution in [3.8, 4) is 0 Å². The zero-order valence-electron chi connectivity index (χ0n) is 10.9. The summed E-state index contributed by atoms with van der Waals surface area (Å²) in [5.41, 5.74) is 2.16. The topological polar surface area (TPSA) is 41.3 Å². The van der Waals surface area contributed by atoms with Crippen LogP contribution in [0.1, 0.15) is 13.3 Å². The molecule has 1 aromatic heterocycles. The number of piperidine rings is 1. The summed E-state index contributed by atoms with van der Waals surface area (Å²) in [6.07, 6.45) is 0.767. The summed E-state index contributed by atoms with van der Waals surface area (Å²) in [5, 5.41) is 10.00. The van der Waals surface area contributed by atoms with Crippen LogP contribution in [0.5, 0.6) is 0 Å². The lowest BCUT2D eigenvalue weighted by molar-refractivity contribution is 0.102. The quantitative estimate of drug-likeness (QED) is 0.832. The summed E-state index contributed by atoms with van der Waals surface area (Å²) < 4.78 is 2.11. The Kier molecular flexibility index (Phi) is 2.74. The van der Waals surface area contributed by atoms with Gasteiger partial charge in [-0.2, -0.15) is 0 Å². The van der Waals surface area contributed by atoms with E-state index in [1.807, 2.05) is 25.2 Å². The lowest BCUT2D eigenvalue weighted by Gasteiger charge is -2.34. The number of fused-ring (bicyclic) bond motifs is 1. The van der Waals surface area contributed by atoms with E-state index >= 15 is 0 Å². The van der Waals surface area contributed by atoms with E-state index in [2.05, 4.69) is 27.4 Å². The van der Waals surface area contributed by atoms with E-state index in [0.29, 0.717) is 12.5 Å². The first-order valence-electron chi connectivity index (χ1n) is 6.51. The van der Waals surface area contributed by atoms with Crippen LogP contribution >= 0.6 is 0 Å². The minimum atomic E-state index is -0.251. The summed E-state index contributed by atoms with van der Waals surface area (Å²) in [4.78, 5) is 6.86. The molecule has 1 fully saturated rings. The van der Waals surface area contributed by atoms with E-state index in [1.54, 1.807) is 0 Å². The predicted molar refractivity (Wildman–Crippen MR) is 72.7 cm³/mol. The Balaban J connectivity index is 1.97. The van der Waals surface area contributed by atoms with Gasteiger partial charge in [-0.1, -0.05) is 19.1 Å². The number of imidazole rings is 1. The van der Waals surface area contributed by atoms with E-state index < -0.39 is 0 Å². The van der Waals surface area contributed by atoms with Gasteiger partial charge in [0.2, 0.25) is 5.95 Å². The monoisotopic (exact) mass is 245 g/mol. The number of rotatable bonds is 1. The van der Waals surface area contributed by atoms with Crippen LogP contribution in [0.3, 0.4) is 0 Å². The number of β-amino-alcohol motifs (C(OH)–C–C–N with tert-alkyl or cyclic N) is 1. The van der Waals surface area contributed by atoms with Crippen molar-refractivity contribution in [1.82, 2.24) is 9.55 Å². The lowest BCUT2D eigenvalue weighted by atomic mass is 9.96. The molecule has 1 aliphatic heterocycles. The predicted octanol–water partition coefficient (Wildman–Crippen LogP) is 1.78. The Hall–Kier alpha value is -1.55. The van der Waals surface area contributed by atoms with Crippen LogP contribution in [0.25, 0.3) is 11.0 Å². The number of hydrogen-bond acceptors (Lipinski definition) is 3. The van der Waals surface area contributed by atoms with Gasteiger partial charge in [0.1, 0.15) is 0 Å². The molecule has 18 heavy (non-hydrogen) atoms. The molecule has 0 bridgehead atoms. The van der Waals surface area contributed by atoms with Gasteiger partial charge in [0.05, 0.1) is 17.1 Å². The highest BCUT2D eigenvalue weighted by Gasteiger charge is 2.26. The average molecular weight is 245 g/mol. The number of aromatic nitrogens is 2. The maximum absolute atomic E-state index is 10.00. The fraction of sp³-hybridized carbons (Fsp3) is 0.500. The molecule has 2 aromatic rings. The molecule has 96 valence electrons. The van der Waals surface area contributed by atoms with Crippen LogP contribution in [0.15, 0.2) is 24.3 Å². The van der Waals surface area contributed by atoms with Crippen molar-refractivity contribution in [1.29, 1.82) is 0 Å². The fourth-order valence-electron chi connectivity index (χ4n) is 2.65. The summed E-state index contributed by atoms with van der Waals surface area (Å²) in [6.45, 7) is 3.75. The number of anilines is 1. The van der Waals surface area contributed by atoms with Crippen LogP contribution < -0.4 is 4.90 Å². The minimum Gasteiger partial charge on any atom is -0.391 e. The van der Waals surface area contributed by atoms with Gasteiger partial charge < -0.3 is 14.6 Å². The highest BCUT2D eigenvalue weighted by atomic mass is 16.3. The van der Waals surface area contributed by atoms with E-state index in [9.17, 15) is 5.11 Å². The van der Waals surface area contributed by atoms with Gasteiger partial charge in [-0.05, 0) is 24.5 Å². The second-order valence-electron chi connectivity index (χ2n) is 5.24. The first-order valence-corrected chi connectivity index (χ1v) is 6.51. The molecule has 2 unspecified atom stereocenters. The molecule has 4 nitrogen and oxygen atoms in total. The number of benzene rings is 1. The number of aliphatic hydroxyl groups excluding tert-OH is 1. The van der Waals surface area contributed by atoms with Gasteiger partial charge in [0.15, 0.2) is 0 Å². The van der Waals surface area contributed by atoms with Gasteiger partial charge >= 0.3 is 0 Å². The molecule has 4 heteroatoms. The molecule has 0 saturated carbocycles. The normalized spacial score (nSPS) is 24.7. The van der Waals surface area contributed by atoms with Gasteiger partial charge in [0.25, 0.3) is 0 Å². The second kappa shape index (κ2) is 4.28. The van der Waals surface area contributed by atoms with Crippen LogP contribution in [0, 0.1) is 5.92 Å². The molecule has 1 aromatic carbocycles. The fourth-order valence-corrected chi connectivity index (χ4v) is 2.65. The highest BCUT2D eigenvalue weighted by Crippen LogP contribution is 2.25. The third-order valence-electron chi connectivity index (χ3n) is 3.97. The summed E-state index contributed by atoms with van der Waals surface area (Å²) >= 11 is 0. The molecule has 0 spiro atoms. The molecule has 0 radical (unpaired) electrons. The molecule has 2 heterocycles. The second-order valence-corrected chi connectivity index (χ2v) is 5.24. The number of para-hydroxylation sites is 2. The molecule has 0 amide bonds. The van der Waals surface area contributed by atoms with Crippen molar-refractivity contribution in [2.45, 2.75) is 19.4 Å². The summed E-state index contributed by atoms with van der Waals surface area (Å²) in [5.74, 6) is 1.35. The molecular weight excluding hydrogens is 226 g/mol. The van der Waals surface area contributed by atoms with Gasteiger partial charge in [-0.25, -0.2) is 4.98 Å². The average Bonchev–Trinajstić information content (AvgIpc) is 2.71. The van der Waals surface area contributed by atoms with Gasteiger partial charge in [-0.15, -0.1) is 0 Å². The van der Waals surface area contributed by atoms with Crippen LogP contribution in [0.4, 0.5) is 5.95 Å². The largest absolute Gasteiger partial charge is 0.391 e. The Morgan fingerprint density at radius 1 is 1.33 bits per heavy atom. The number of aliphatic hydroxyl groups is 1. The van der Waals surface area contributed by atoms with Crippen molar-refractivity contribution in [2.24, 2.45) is 13.0 Å². The highest BCUT2D eigenvalue weighted by molar-refractivity contribution is 5.78. The smallest absolute Gasteiger partial charge is 0.206 e. The van der Waals surface area contributed by atoms with Crippen LogP contribution in [-0.4, -0.2) is 33.9 Å². The standard InChI is InChI=1S/C14H19N3O/c1-10-7-8-17(9-13(10)18)14-15-11-5-3-4-6-12(11)16(14)2/h3-6,10,13,18H,7-9H2,1-2H3.